The SMILES string of the molecule is CN(C)c1ccc2c(C(=NN)c3cc(OCCN4CCOCC4)nc(N4CCOCC4)c3)c[nH]c2c1. The van der Waals surface area contributed by atoms with Crippen LogP contribution in [0.3, 0.4) is 0 Å². The number of rotatable bonds is 8. The van der Waals surface area contributed by atoms with Crippen LogP contribution in [0.1, 0.15) is 11.1 Å². The molecule has 10 heteroatoms. The summed E-state index contributed by atoms with van der Waals surface area (Å²) in [6.07, 6.45) is 1.96. The number of ether oxygens (including phenoxy) is 3. The normalized spacial score (nSPS) is 17.5. The van der Waals surface area contributed by atoms with Crippen molar-refractivity contribution < 1.29 is 14.2 Å². The number of H-pyrrole nitrogens is 1. The van der Waals surface area contributed by atoms with Gasteiger partial charge in [0.25, 0.3) is 0 Å². The number of aromatic nitrogens is 2. The molecule has 2 saturated heterocycles. The Bertz CT molecular complexity index is 1200. The van der Waals surface area contributed by atoms with E-state index in [2.05, 4.69) is 43.0 Å². The fraction of sp³-hybridized carbons (Fsp3) is 0.462. The summed E-state index contributed by atoms with van der Waals surface area (Å²) in [6, 6.07) is 10.3. The Kier molecular flexibility index (Phi) is 7.55. The van der Waals surface area contributed by atoms with Gasteiger partial charge in [0.15, 0.2) is 0 Å². The second-order valence-electron chi connectivity index (χ2n) is 9.26. The number of nitrogens with zero attached hydrogens (tertiary/aromatic N) is 5. The summed E-state index contributed by atoms with van der Waals surface area (Å²) in [4.78, 5) is 14.8. The monoisotopic (exact) mass is 493 g/mol. The van der Waals surface area contributed by atoms with Crippen molar-refractivity contribution >= 4 is 28.1 Å². The molecular formula is C26H35N7O3. The van der Waals surface area contributed by atoms with Crippen molar-refractivity contribution in [2.24, 2.45) is 10.9 Å². The Hall–Kier alpha value is -3.34. The minimum atomic E-state index is 0.550. The number of pyridine rings is 1. The van der Waals surface area contributed by atoms with Crippen molar-refractivity contribution in [3.05, 3.63) is 47.7 Å². The summed E-state index contributed by atoms with van der Waals surface area (Å²) in [5, 5.41) is 5.29. The Balaban J connectivity index is 1.44. The highest BCUT2D eigenvalue weighted by molar-refractivity contribution is 6.19. The molecule has 36 heavy (non-hydrogen) atoms. The van der Waals surface area contributed by atoms with Crippen LogP contribution >= 0.6 is 0 Å². The largest absolute Gasteiger partial charge is 0.476 e. The average molecular weight is 494 g/mol. The average Bonchev–Trinajstić information content (AvgIpc) is 3.33. The first kappa shape index (κ1) is 24.4. The van der Waals surface area contributed by atoms with Crippen LogP contribution in [0, 0.1) is 0 Å². The molecule has 10 nitrogen and oxygen atoms in total. The zero-order valence-corrected chi connectivity index (χ0v) is 21.1. The van der Waals surface area contributed by atoms with Crippen LogP contribution in [0.2, 0.25) is 0 Å². The molecule has 0 bridgehead atoms. The number of fused-ring (bicyclic) bond motifs is 1. The van der Waals surface area contributed by atoms with Gasteiger partial charge < -0.3 is 34.8 Å². The molecule has 0 amide bonds. The summed E-state index contributed by atoms with van der Waals surface area (Å²) in [7, 11) is 4.06. The first-order valence-corrected chi connectivity index (χ1v) is 12.5. The zero-order chi connectivity index (χ0) is 24.9. The molecule has 4 heterocycles. The lowest BCUT2D eigenvalue weighted by Gasteiger charge is -2.29. The van der Waals surface area contributed by atoms with E-state index in [1.54, 1.807) is 0 Å². The third-order valence-electron chi connectivity index (χ3n) is 6.72. The molecule has 3 N–H and O–H groups in total. The van der Waals surface area contributed by atoms with E-state index in [4.69, 9.17) is 25.0 Å². The molecule has 0 saturated carbocycles. The van der Waals surface area contributed by atoms with Crippen LogP contribution < -0.4 is 20.4 Å². The molecule has 0 spiro atoms. The number of nitrogens with two attached hydrogens (primary N) is 1. The third-order valence-corrected chi connectivity index (χ3v) is 6.72. The van der Waals surface area contributed by atoms with Gasteiger partial charge in [0.05, 0.1) is 32.1 Å². The first-order valence-electron chi connectivity index (χ1n) is 12.5. The minimum Gasteiger partial charge on any atom is -0.476 e. The molecule has 1 aromatic carbocycles. The Morgan fingerprint density at radius 2 is 1.83 bits per heavy atom. The van der Waals surface area contributed by atoms with E-state index in [0.717, 1.165) is 79.5 Å². The smallest absolute Gasteiger partial charge is 0.215 e. The predicted octanol–water partition coefficient (Wildman–Crippen LogP) is 1.89. The van der Waals surface area contributed by atoms with Crippen molar-refractivity contribution in [2.75, 3.05) is 89.7 Å². The van der Waals surface area contributed by atoms with E-state index in [1.165, 1.54) is 0 Å². The lowest BCUT2D eigenvalue weighted by atomic mass is 10.0. The van der Waals surface area contributed by atoms with Crippen molar-refractivity contribution in [2.45, 2.75) is 0 Å². The number of hydrogen-bond donors (Lipinski definition) is 2. The van der Waals surface area contributed by atoms with Gasteiger partial charge in [-0.05, 0) is 18.2 Å². The number of aromatic amines is 1. The van der Waals surface area contributed by atoms with Crippen molar-refractivity contribution in [3.63, 3.8) is 0 Å². The first-order chi connectivity index (χ1) is 17.6. The zero-order valence-electron chi connectivity index (χ0n) is 21.1. The van der Waals surface area contributed by atoms with E-state index >= 15 is 0 Å². The molecule has 2 aliphatic heterocycles. The summed E-state index contributed by atoms with van der Waals surface area (Å²) >= 11 is 0. The van der Waals surface area contributed by atoms with Gasteiger partial charge in [-0.25, -0.2) is 0 Å². The number of morpholine rings is 2. The van der Waals surface area contributed by atoms with E-state index < -0.39 is 0 Å². The molecule has 5 rings (SSSR count). The molecular weight excluding hydrogens is 458 g/mol. The molecule has 2 aromatic heterocycles. The molecule has 2 aliphatic rings. The number of hydrazone groups is 1. The molecule has 2 fully saturated rings. The van der Waals surface area contributed by atoms with Gasteiger partial charge in [0, 0.05) is 86.8 Å². The summed E-state index contributed by atoms with van der Waals surface area (Å²) < 4.78 is 17.2. The number of benzene rings is 1. The molecule has 192 valence electrons. The maximum atomic E-state index is 6.16. The van der Waals surface area contributed by atoms with Gasteiger partial charge in [-0.3, -0.25) is 4.90 Å². The Labute approximate surface area is 211 Å². The molecule has 0 unspecified atom stereocenters. The van der Waals surface area contributed by atoms with Crippen molar-refractivity contribution in [1.82, 2.24) is 14.9 Å². The van der Waals surface area contributed by atoms with Crippen LogP contribution in [0.4, 0.5) is 11.5 Å². The third kappa shape index (κ3) is 5.40. The van der Waals surface area contributed by atoms with Gasteiger partial charge in [0.2, 0.25) is 5.88 Å². The summed E-state index contributed by atoms with van der Waals surface area (Å²) in [5.41, 5.74) is 4.65. The Morgan fingerprint density at radius 3 is 2.56 bits per heavy atom. The summed E-state index contributed by atoms with van der Waals surface area (Å²) in [6.45, 7) is 7.67. The van der Waals surface area contributed by atoms with Gasteiger partial charge >= 0.3 is 0 Å². The molecule has 3 aromatic rings. The van der Waals surface area contributed by atoms with Crippen molar-refractivity contribution in [1.29, 1.82) is 0 Å². The van der Waals surface area contributed by atoms with E-state index in [1.807, 2.05) is 32.4 Å². The van der Waals surface area contributed by atoms with Crippen molar-refractivity contribution in [3.8, 4) is 5.88 Å². The maximum Gasteiger partial charge on any atom is 0.215 e. The van der Waals surface area contributed by atoms with Crippen LogP contribution in [0.15, 0.2) is 41.6 Å². The highest BCUT2D eigenvalue weighted by Gasteiger charge is 2.20. The Morgan fingerprint density at radius 1 is 1.08 bits per heavy atom. The standard InChI is InChI=1S/C26H35N7O3/c1-31(2)20-3-4-21-22(18-28-23(21)17-20)26(30-27)19-15-24(33-8-12-35-13-9-33)29-25(16-19)36-14-7-32-5-10-34-11-6-32/h3-4,15-18,28H,5-14,27H2,1-2H3. The second kappa shape index (κ2) is 11.2. The fourth-order valence-electron chi connectivity index (χ4n) is 4.65. The molecule has 0 atom stereocenters. The minimum absolute atomic E-state index is 0.550. The van der Waals surface area contributed by atoms with Gasteiger partial charge in [0.1, 0.15) is 12.4 Å². The highest BCUT2D eigenvalue weighted by Crippen LogP contribution is 2.28. The van der Waals surface area contributed by atoms with Crippen LogP contribution in [-0.2, 0) is 9.47 Å². The van der Waals surface area contributed by atoms with Crippen LogP contribution in [-0.4, -0.2) is 100 Å². The van der Waals surface area contributed by atoms with E-state index in [-0.39, 0.29) is 0 Å². The van der Waals surface area contributed by atoms with E-state index in [0.29, 0.717) is 31.4 Å². The number of hydrogen-bond acceptors (Lipinski definition) is 9. The van der Waals surface area contributed by atoms with Gasteiger partial charge in [-0.2, -0.15) is 10.1 Å². The van der Waals surface area contributed by atoms with Crippen LogP contribution in [0.5, 0.6) is 5.88 Å². The van der Waals surface area contributed by atoms with E-state index in [9.17, 15) is 0 Å². The predicted molar refractivity (Wildman–Crippen MR) is 142 cm³/mol. The fourth-order valence-corrected chi connectivity index (χ4v) is 4.65. The lowest BCUT2D eigenvalue weighted by molar-refractivity contribution is 0.0320. The lowest BCUT2D eigenvalue weighted by Crippen LogP contribution is -2.38. The maximum absolute atomic E-state index is 6.16. The number of anilines is 2. The molecule has 0 radical (unpaired) electrons. The second-order valence-corrected chi connectivity index (χ2v) is 9.26. The summed E-state index contributed by atoms with van der Waals surface area (Å²) in [5.74, 6) is 7.40. The molecule has 0 aliphatic carbocycles. The topological polar surface area (TPSA) is 104 Å². The van der Waals surface area contributed by atoms with Crippen LogP contribution in [0.25, 0.3) is 10.9 Å². The number of nitrogens with one attached hydrogen (secondary N) is 1. The van der Waals surface area contributed by atoms with Gasteiger partial charge in [-0.1, -0.05) is 6.07 Å². The quantitative estimate of drug-likeness (QED) is 0.279. The highest BCUT2D eigenvalue weighted by atomic mass is 16.5. The van der Waals surface area contributed by atoms with Gasteiger partial charge in [-0.15, -0.1) is 0 Å².